The standard InChI is InChI=1S/C16H15NO4S/c1-2-21-16(20)13(11-7-4-3-5-8-11)22-14-12(15(18)19)9-6-10-17-14/h3-10,13H,2H2,1H3,(H,18,19)/t13-/m1/s1. The number of carboxylic acid groups (broad SMARTS) is 1. The number of hydrogen-bond donors (Lipinski definition) is 1. The van der Waals surface area contributed by atoms with Crippen LogP contribution in [0.5, 0.6) is 0 Å². The van der Waals surface area contributed by atoms with E-state index < -0.39 is 17.2 Å². The Morgan fingerprint density at radius 2 is 1.95 bits per heavy atom. The summed E-state index contributed by atoms with van der Waals surface area (Å²) in [7, 11) is 0. The highest BCUT2D eigenvalue weighted by Gasteiger charge is 2.26. The summed E-state index contributed by atoms with van der Waals surface area (Å²) < 4.78 is 5.10. The molecule has 1 atom stereocenters. The van der Waals surface area contributed by atoms with Gasteiger partial charge in [-0.25, -0.2) is 9.78 Å². The van der Waals surface area contributed by atoms with Crippen LogP contribution in [-0.4, -0.2) is 28.6 Å². The van der Waals surface area contributed by atoms with Gasteiger partial charge in [-0.15, -0.1) is 0 Å². The second-order valence-electron chi connectivity index (χ2n) is 4.32. The first-order chi connectivity index (χ1) is 10.6. The van der Waals surface area contributed by atoms with E-state index in [1.54, 1.807) is 25.1 Å². The third-order valence-electron chi connectivity index (χ3n) is 2.83. The van der Waals surface area contributed by atoms with Crippen molar-refractivity contribution in [3.05, 3.63) is 59.8 Å². The second-order valence-corrected chi connectivity index (χ2v) is 5.42. The Kier molecular flexibility index (Phi) is 5.55. The van der Waals surface area contributed by atoms with Gasteiger partial charge < -0.3 is 9.84 Å². The second kappa shape index (κ2) is 7.61. The fourth-order valence-electron chi connectivity index (χ4n) is 1.86. The van der Waals surface area contributed by atoms with E-state index in [2.05, 4.69) is 4.98 Å². The first-order valence-corrected chi connectivity index (χ1v) is 7.58. The molecule has 0 saturated carbocycles. The van der Waals surface area contributed by atoms with Crippen LogP contribution in [0, 0.1) is 0 Å². The third kappa shape index (κ3) is 3.85. The molecule has 0 aliphatic rings. The topological polar surface area (TPSA) is 76.5 Å². The summed E-state index contributed by atoms with van der Waals surface area (Å²) in [5, 5.41) is 8.85. The van der Waals surface area contributed by atoms with Crippen molar-refractivity contribution < 1.29 is 19.4 Å². The number of thioether (sulfide) groups is 1. The van der Waals surface area contributed by atoms with Crippen LogP contribution in [-0.2, 0) is 9.53 Å². The molecule has 1 heterocycles. The molecule has 0 aliphatic carbocycles. The molecule has 1 aromatic carbocycles. The van der Waals surface area contributed by atoms with Crippen molar-refractivity contribution in [3.63, 3.8) is 0 Å². The van der Waals surface area contributed by atoms with Crippen molar-refractivity contribution in [3.8, 4) is 0 Å². The molecule has 114 valence electrons. The van der Waals surface area contributed by atoms with E-state index in [0.717, 1.165) is 17.3 Å². The maximum absolute atomic E-state index is 12.2. The molecule has 0 fully saturated rings. The molecule has 2 rings (SSSR count). The first kappa shape index (κ1) is 16.0. The van der Waals surface area contributed by atoms with Crippen LogP contribution in [0.4, 0.5) is 0 Å². The zero-order valence-corrected chi connectivity index (χ0v) is 12.7. The van der Waals surface area contributed by atoms with Gasteiger partial charge >= 0.3 is 11.9 Å². The Hall–Kier alpha value is -2.34. The van der Waals surface area contributed by atoms with Crippen molar-refractivity contribution in [1.82, 2.24) is 4.98 Å². The van der Waals surface area contributed by atoms with Gasteiger partial charge in [0, 0.05) is 6.20 Å². The number of carboxylic acids is 1. The lowest BCUT2D eigenvalue weighted by Crippen LogP contribution is -2.14. The van der Waals surface area contributed by atoms with E-state index in [1.807, 2.05) is 18.2 Å². The molecule has 0 unspecified atom stereocenters. The van der Waals surface area contributed by atoms with E-state index in [-0.39, 0.29) is 17.2 Å². The number of aromatic nitrogens is 1. The maximum atomic E-state index is 12.2. The molecule has 0 bridgehead atoms. The monoisotopic (exact) mass is 317 g/mol. The van der Waals surface area contributed by atoms with Crippen molar-refractivity contribution in [2.24, 2.45) is 0 Å². The molecule has 1 N–H and O–H groups in total. The molecule has 0 amide bonds. The normalized spacial score (nSPS) is 11.7. The number of aromatic carboxylic acids is 1. The van der Waals surface area contributed by atoms with Gasteiger partial charge in [-0.05, 0) is 24.6 Å². The van der Waals surface area contributed by atoms with E-state index in [9.17, 15) is 14.7 Å². The number of carbonyl (C=O) groups is 2. The molecule has 0 aliphatic heterocycles. The molecule has 0 saturated heterocycles. The van der Waals surface area contributed by atoms with Gasteiger partial charge in [0.25, 0.3) is 0 Å². The summed E-state index contributed by atoms with van der Waals surface area (Å²) >= 11 is 1.08. The van der Waals surface area contributed by atoms with Crippen molar-refractivity contribution in [1.29, 1.82) is 0 Å². The highest BCUT2D eigenvalue weighted by molar-refractivity contribution is 8.00. The number of rotatable bonds is 6. The summed E-state index contributed by atoms with van der Waals surface area (Å²) in [5.74, 6) is -1.49. The Balaban J connectivity index is 2.35. The summed E-state index contributed by atoms with van der Waals surface area (Å²) in [6, 6.07) is 12.1. The van der Waals surface area contributed by atoms with Gasteiger partial charge in [0.1, 0.15) is 10.3 Å². The third-order valence-corrected chi connectivity index (χ3v) is 4.08. The lowest BCUT2D eigenvalue weighted by molar-refractivity contribution is -0.142. The number of hydrogen-bond acceptors (Lipinski definition) is 5. The van der Waals surface area contributed by atoms with Crippen LogP contribution in [0.25, 0.3) is 0 Å². The van der Waals surface area contributed by atoms with Crippen LogP contribution in [0.15, 0.2) is 53.7 Å². The van der Waals surface area contributed by atoms with E-state index >= 15 is 0 Å². The Morgan fingerprint density at radius 1 is 1.23 bits per heavy atom. The van der Waals surface area contributed by atoms with Crippen LogP contribution < -0.4 is 0 Å². The van der Waals surface area contributed by atoms with Crippen LogP contribution in [0.2, 0.25) is 0 Å². The minimum absolute atomic E-state index is 0.0673. The zero-order chi connectivity index (χ0) is 15.9. The molecule has 5 nitrogen and oxygen atoms in total. The summed E-state index contributed by atoms with van der Waals surface area (Å²) in [4.78, 5) is 27.6. The number of esters is 1. The fraction of sp³-hybridized carbons (Fsp3) is 0.188. The maximum Gasteiger partial charge on any atom is 0.338 e. The van der Waals surface area contributed by atoms with Gasteiger partial charge in [-0.3, -0.25) is 4.79 Å². The van der Waals surface area contributed by atoms with Crippen molar-refractivity contribution in [2.45, 2.75) is 17.2 Å². The van der Waals surface area contributed by atoms with Gasteiger partial charge in [0.2, 0.25) is 0 Å². The van der Waals surface area contributed by atoms with Gasteiger partial charge in [0.15, 0.2) is 0 Å². The molecular formula is C16H15NO4S. The van der Waals surface area contributed by atoms with Crippen LogP contribution in [0.1, 0.15) is 28.1 Å². The van der Waals surface area contributed by atoms with Crippen LogP contribution >= 0.6 is 11.8 Å². The average Bonchev–Trinajstić information content (AvgIpc) is 2.53. The minimum atomic E-state index is -1.08. The smallest absolute Gasteiger partial charge is 0.338 e. The lowest BCUT2D eigenvalue weighted by atomic mass is 10.1. The average molecular weight is 317 g/mol. The highest BCUT2D eigenvalue weighted by Crippen LogP contribution is 2.36. The Morgan fingerprint density at radius 3 is 2.59 bits per heavy atom. The van der Waals surface area contributed by atoms with Gasteiger partial charge in [-0.2, -0.15) is 0 Å². The number of pyridine rings is 1. The Labute approximate surface area is 132 Å². The SMILES string of the molecule is CCOC(=O)[C@H](Sc1ncccc1C(=O)O)c1ccccc1. The van der Waals surface area contributed by atoms with Crippen LogP contribution in [0.3, 0.4) is 0 Å². The largest absolute Gasteiger partial charge is 0.478 e. The predicted molar refractivity (Wildman–Crippen MR) is 82.9 cm³/mol. The summed E-state index contributed by atoms with van der Waals surface area (Å²) in [6.45, 7) is 1.99. The molecule has 22 heavy (non-hydrogen) atoms. The number of nitrogens with zero attached hydrogens (tertiary/aromatic N) is 1. The first-order valence-electron chi connectivity index (χ1n) is 6.70. The quantitative estimate of drug-likeness (QED) is 0.651. The molecular weight excluding hydrogens is 302 g/mol. The number of carbonyl (C=O) groups excluding carboxylic acids is 1. The van der Waals surface area contributed by atoms with Crippen molar-refractivity contribution in [2.75, 3.05) is 6.61 Å². The van der Waals surface area contributed by atoms with E-state index in [0.29, 0.717) is 0 Å². The lowest BCUT2D eigenvalue weighted by Gasteiger charge is -2.16. The Bertz CT molecular complexity index is 660. The molecule has 0 spiro atoms. The number of ether oxygens (including phenoxy) is 1. The fourth-order valence-corrected chi connectivity index (χ4v) is 2.94. The highest BCUT2D eigenvalue weighted by atomic mass is 32.2. The molecule has 6 heteroatoms. The van der Waals surface area contributed by atoms with E-state index in [1.165, 1.54) is 12.3 Å². The van der Waals surface area contributed by atoms with Crippen molar-refractivity contribution >= 4 is 23.7 Å². The summed E-state index contributed by atoms with van der Waals surface area (Å²) in [5.41, 5.74) is 0.811. The minimum Gasteiger partial charge on any atom is -0.478 e. The molecule has 2 aromatic rings. The molecule has 1 aromatic heterocycles. The summed E-state index contributed by atoms with van der Waals surface area (Å²) in [6.07, 6.45) is 1.50. The number of benzene rings is 1. The zero-order valence-electron chi connectivity index (χ0n) is 11.9. The van der Waals surface area contributed by atoms with Gasteiger partial charge in [0.05, 0.1) is 12.2 Å². The molecule has 0 radical (unpaired) electrons. The van der Waals surface area contributed by atoms with Gasteiger partial charge in [-0.1, -0.05) is 42.1 Å². The van der Waals surface area contributed by atoms with E-state index in [4.69, 9.17) is 4.74 Å². The predicted octanol–water partition coefficient (Wildman–Crippen LogP) is 3.18.